The molecule has 1 fully saturated rings. The Labute approximate surface area is 252 Å². The first kappa shape index (κ1) is 31.4. The van der Waals surface area contributed by atoms with E-state index >= 15 is 8.78 Å². The second-order valence-corrected chi connectivity index (χ2v) is 11.1. The summed E-state index contributed by atoms with van der Waals surface area (Å²) in [5, 5.41) is 32.3. The molecule has 3 N–H and O–H groups in total. The van der Waals surface area contributed by atoms with Gasteiger partial charge in [-0.25, -0.2) is 8.78 Å². The summed E-state index contributed by atoms with van der Waals surface area (Å²) in [4.78, 5) is 29.5. The van der Waals surface area contributed by atoms with Crippen LogP contribution in [0.2, 0.25) is 10.0 Å². The molecule has 3 aromatic rings. The molecule has 1 aliphatic rings. The van der Waals surface area contributed by atoms with Gasteiger partial charge in [-0.1, -0.05) is 59.6 Å². The van der Waals surface area contributed by atoms with Crippen molar-refractivity contribution in [1.82, 2.24) is 10.2 Å². The van der Waals surface area contributed by atoms with Gasteiger partial charge in [0.2, 0.25) is 5.91 Å². The monoisotopic (exact) mass is 615 g/mol. The highest BCUT2D eigenvalue weighted by Crippen LogP contribution is 2.54. The first-order chi connectivity index (χ1) is 20.0. The number of carbonyl (C=O) groups excluding carboxylic acids is 2. The van der Waals surface area contributed by atoms with Gasteiger partial charge >= 0.3 is 0 Å². The number of hydrogen-bond acceptors (Lipinski definition) is 5. The Bertz CT molecular complexity index is 1550. The number of hydrogen-bond donors (Lipinski definition) is 3. The summed E-state index contributed by atoms with van der Waals surface area (Å²) in [6, 6.07) is 14.0. The van der Waals surface area contributed by atoms with E-state index < -0.39 is 59.6 Å². The fourth-order valence-electron chi connectivity index (χ4n) is 5.84. The highest BCUT2D eigenvalue weighted by molar-refractivity contribution is 6.31. The van der Waals surface area contributed by atoms with E-state index in [1.54, 1.807) is 31.2 Å². The normalized spacial score (nSPS) is 22.5. The smallest absolute Gasteiger partial charge is 0.255 e. The van der Waals surface area contributed by atoms with E-state index in [4.69, 9.17) is 23.2 Å². The van der Waals surface area contributed by atoms with E-state index in [1.165, 1.54) is 42.2 Å². The fourth-order valence-corrected chi connectivity index (χ4v) is 6.18. The molecule has 1 heterocycles. The van der Waals surface area contributed by atoms with Crippen LogP contribution in [0.5, 0.6) is 0 Å². The summed E-state index contributed by atoms with van der Waals surface area (Å²) in [5.41, 5.74) is -1.46. The van der Waals surface area contributed by atoms with Crippen LogP contribution in [0.15, 0.2) is 60.7 Å². The summed E-state index contributed by atoms with van der Waals surface area (Å²) in [6.45, 7) is 2.60. The van der Waals surface area contributed by atoms with Gasteiger partial charge in [0.1, 0.15) is 23.1 Å². The third kappa shape index (κ3) is 5.48. The minimum Gasteiger partial charge on any atom is -0.394 e. The molecule has 1 saturated heterocycles. The first-order valence-electron chi connectivity index (χ1n) is 13.2. The average molecular weight is 616 g/mol. The lowest BCUT2D eigenvalue weighted by atomic mass is 9.65. The van der Waals surface area contributed by atoms with Crippen molar-refractivity contribution in [1.29, 1.82) is 5.26 Å². The predicted octanol–water partition coefficient (Wildman–Crippen LogP) is 4.90. The molecule has 0 bridgehead atoms. The van der Waals surface area contributed by atoms with Gasteiger partial charge in [-0.15, -0.1) is 0 Å². The standard InChI is InChI=1S/C31H29Cl2F2N3O4/c1-17-6-3-4-7-21(17)30(42)38-18(2)31(16-36,23-11-10-19(32)14-25(23)34)26(22-8-5-9-24(33)27(22)35)28(38)29(41)37-13-12-20(40)15-39/h3-11,14,18,20,26,28,39-40H,12-13,15H2,1-2H3,(H,37,41). The van der Waals surface area contributed by atoms with Crippen molar-refractivity contribution in [3.8, 4) is 6.07 Å². The molecule has 11 heteroatoms. The number of aliphatic hydroxyl groups is 2. The fraction of sp³-hybridized carbons (Fsp3) is 0.323. The molecule has 3 aromatic carbocycles. The van der Waals surface area contributed by atoms with Gasteiger partial charge in [-0.2, -0.15) is 5.26 Å². The van der Waals surface area contributed by atoms with E-state index in [0.717, 1.165) is 6.07 Å². The van der Waals surface area contributed by atoms with Crippen LogP contribution in [0.3, 0.4) is 0 Å². The number of rotatable bonds is 8. The summed E-state index contributed by atoms with van der Waals surface area (Å²) in [5.74, 6) is -4.58. The summed E-state index contributed by atoms with van der Waals surface area (Å²) in [7, 11) is 0. The number of amides is 2. The maximum absolute atomic E-state index is 15.8. The quantitative estimate of drug-likeness (QED) is 0.334. The molecule has 220 valence electrons. The Morgan fingerprint density at radius 3 is 2.50 bits per heavy atom. The minimum absolute atomic E-state index is 0.0123. The number of halogens is 4. The van der Waals surface area contributed by atoms with Crippen LogP contribution in [0.1, 0.15) is 46.3 Å². The Hall–Kier alpha value is -3.55. The van der Waals surface area contributed by atoms with Gasteiger partial charge in [0.05, 0.1) is 29.8 Å². The van der Waals surface area contributed by atoms with Crippen molar-refractivity contribution in [2.24, 2.45) is 0 Å². The van der Waals surface area contributed by atoms with Crippen LogP contribution in [0.4, 0.5) is 8.78 Å². The van der Waals surface area contributed by atoms with Crippen molar-refractivity contribution in [3.05, 3.63) is 105 Å². The highest BCUT2D eigenvalue weighted by Gasteiger charge is 2.64. The van der Waals surface area contributed by atoms with Crippen molar-refractivity contribution in [2.75, 3.05) is 13.2 Å². The molecule has 5 atom stereocenters. The Morgan fingerprint density at radius 1 is 1.14 bits per heavy atom. The third-order valence-electron chi connectivity index (χ3n) is 7.93. The van der Waals surface area contributed by atoms with E-state index in [0.29, 0.717) is 5.56 Å². The molecule has 0 radical (unpaired) electrons. The van der Waals surface area contributed by atoms with Crippen molar-refractivity contribution < 1.29 is 28.6 Å². The van der Waals surface area contributed by atoms with Crippen molar-refractivity contribution in [2.45, 2.75) is 49.8 Å². The van der Waals surface area contributed by atoms with E-state index in [1.807, 2.05) is 0 Å². The maximum Gasteiger partial charge on any atom is 0.255 e. The maximum atomic E-state index is 15.8. The molecule has 7 nitrogen and oxygen atoms in total. The topological polar surface area (TPSA) is 114 Å². The summed E-state index contributed by atoms with van der Waals surface area (Å²) >= 11 is 12.2. The van der Waals surface area contributed by atoms with Crippen molar-refractivity contribution >= 4 is 35.0 Å². The highest BCUT2D eigenvalue weighted by atomic mass is 35.5. The predicted molar refractivity (Wildman–Crippen MR) is 154 cm³/mol. The number of nitrogens with zero attached hydrogens (tertiary/aromatic N) is 2. The third-order valence-corrected chi connectivity index (χ3v) is 8.45. The largest absolute Gasteiger partial charge is 0.394 e. The lowest BCUT2D eigenvalue weighted by Gasteiger charge is -2.34. The van der Waals surface area contributed by atoms with Crippen LogP contribution in [0, 0.1) is 29.9 Å². The number of benzene rings is 3. The summed E-state index contributed by atoms with van der Waals surface area (Å²) < 4.78 is 31.6. The molecule has 0 aliphatic carbocycles. The number of nitriles is 1. The first-order valence-corrected chi connectivity index (χ1v) is 14.0. The molecule has 2 amide bonds. The zero-order valence-electron chi connectivity index (χ0n) is 22.8. The van der Waals surface area contributed by atoms with Crippen LogP contribution in [-0.4, -0.2) is 58.3 Å². The molecular formula is C31H29Cl2F2N3O4. The van der Waals surface area contributed by atoms with Gasteiger partial charge < -0.3 is 20.4 Å². The number of aliphatic hydroxyl groups excluding tert-OH is 2. The van der Waals surface area contributed by atoms with E-state index in [2.05, 4.69) is 11.4 Å². The van der Waals surface area contributed by atoms with Crippen molar-refractivity contribution in [3.63, 3.8) is 0 Å². The Morgan fingerprint density at radius 2 is 1.86 bits per heavy atom. The average Bonchev–Trinajstić information content (AvgIpc) is 3.22. The number of likely N-dealkylation sites (tertiary alicyclic amines) is 1. The molecule has 0 spiro atoms. The van der Waals surface area contributed by atoms with Gasteiger partial charge in [0, 0.05) is 28.6 Å². The molecular weight excluding hydrogens is 587 g/mol. The van der Waals surface area contributed by atoms with Gasteiger partial charge in [-0.05, 0) is 55.7 Å². The molecule has 1 aliphatic heterocycles. The second kappa shape index (κ2) is 12.8. The van der Waals surface area contributed by atoms with Crippen LogP contribution >= 0.6 is 23.2 Å². The molecule has 0 saturated carbocycles. The van der Waals surface area contributed by atoms with Gasteiger partial charge in [0.15, 0.2) is 0 Å². The van der Waals surface area contributed by atoms with Gasteiger partial charge in [-0.3, -0.25) is 9.59 Å². The second-order valence-electron chi connectivity index (χ2n) is 10.3. The van der Waals surface area contributed by atoms with Crippen LogP contribution < -0.4 is 5.32 Å². The number of carbonyl (C=O) groups is 2. The zero-order chi connectivity index (χ0) is 30.8. The zero-order valence-corrected chi connectivity index (χ0v) is 24.3. The van der Waals surface area contributed by atoms with E-state index in [-0.39, 0.29) is 39.7 Å². The minimum atomic E-state index is -1.98. The lowest BCUT2D eigenvalue weighted by molar-refractivity contribution is -0.125. The molecule has 5 unspecified atom stereocenters. The Balaban J connectivity index is 2.01. The lowest BCUT2D eigenvalue weighted by Crippen LogP contribution is -2.50. The number of aryl methyl sites for hydroxylation is 1. The Kier molecular flexibility index (Phi) is 9.53. The molecule has 42 heavy (non-hydrogen) atoms. The van der Waals surface area contributed by atoms with Crippen LogP contribution in [0.25, 0.3) is 0 Å². The number of nitrogens with one attached hydrogen (secondary N) is 1. The molecule has 0 aromatic heterocycles. The van der Waals surface area contributed by atoms with Crippen LogP contribution in [-0.2, 0) is 10.2 Å². The van der Waals surface area contributed by atoms with Gasteiger partial charge in [0.25, 0.3) is 5.91 Å². The SMILES string of the molecule is Cc1ccccc1C(=O)N1C(C(=O)NCCC(O)CO)C(c2cccc(Cl)c2F)C(C#N)(c2ccc(Cl)cc2F)C1C. The van der Waals surface area contributed by atoms with E-state index in [9.17, 15) is 25.1 Å². The molecule has 4 rings (SSSR count). The summed E-state index contributed by atoms with van der Waals surface area (Å²) in [6.07, 6.45) is -1.12.